The number of aryl methyl sites for hydroxylation is 1. The number of anilines is 2. The van der Waals surface area contributed by atoms with Crippen molar-refractivity contribution in [2.24, 2.45) is 0 Å². The van der Waals surface area contributed by atoms with Gasteiger partial charge in [-0.25, -0.2) is 9.69 Å². The molecule has 3 aromatic carbocycles. The van der Waals surface area contributed by atoms with Gasteiger partial charge in [0.25, 0.3) is 5.91 Å². The lowest BCUT2D eigenvalue weighted by molar-refractivity contribution is -0.123. The summed E-state index contributed by atoms with van der Waals surface area (Å²) in [6.45, 7) is 6.75. The van der Waals surface area contributed by atoms with Gasteiger partial charge in [-0.3, -0.25) is 19.3 Å². The van der Waals surface area contributed by atoms with E-state index < -0.39 is 18.6 Å². The van der Waals surface area contributed by atoms with Crippen molar-refractivity contribution >= 4 is 46.5 Å². The molecule has 0 saturated carbocycles. The third kappa shape index (κ3) is 6.32. The molecule has 9 nitrogen and oxygen atoms in total. The minimum absolute atomic E-state index is 0.104. The number of piperazine rings is 1. The van der Waals surface area contributed by atoms with Crippen LogP contribution in [-0.4, -0.2) is 73.9 Å². The molecule has 0 N–H and O–H groups in total. The Morgan fingerprint density at radius 2 is 1.57 bits per heavy atom. The molecule has 2 aliphatic rings. The normalized spacial score (nSPS) is 17.5. The molecule has 10 heteroatoms. The average Bonchev–Trinajstić information content (AvgIpc) is 3.31. The third-order valence-corrected chi connectivity index (χ3v) is 7.81. The fourth-order valence-corrected chi connectivity index (χ4v) is 5.48. The quantitative estimate of drug-likeness (QED) is 0.204. The summed E-state index contributed by atoms with van der Waals surface area (Å²) in [5.74, 6) is -0.923. The second-order valence-corrected chi connectivity index (χ2v) is 10.7. The fourth-order valence-electron chi connectivity index (χ4n) is 5.32. The van der Waals surface area contributed by atoms with Gasteiger partial charge in [0.15, 0.2) is 12.4 Å². The maximum absolute atomic E-state index is 13.3. The summed E-state index contributed by atoms with van der Waals surface area (Å²) in [6.07, 6.45) is 0.104. The van der Waals surface area contributed by atoms with Gasteiger partial charge in [0.1, 0.15) is 5.75 Å². The molecule has 218 valence electrons. The molecule has 1 atom stereocenters. The Labute approximate surface area is 249 Å². The first-order valence-corrected chi connectivity index (χ1v) is 14.3. The molecule has 0 radical (unpaired) electrons. The lowest BCUT2D eigenvalue weighted by Crippen LogP contribution is -2.52. The molecule has 2 heterocycles. The van der Waals surface area contributed by atoms with Crippen molar-refractivity contribution in [3.63, 3.8) is 0 Å². The van der Waals surface area contributed by atoms with Crippen LogP contribution in [0.4, 0.5) is 11.4 Å². The number of benzene rings is 3. The van der Waals surface area contributed by atoms with Gasteiger partial charge in [0.05, 0.1) is 30.3 Å². The number of carbonyl (C=O) groups is 4. The van der Waals surface area contributed by atoms with E-state index in [-0.39, 0.29) is 29.6 Å². The zero-order valence-electron chi connectivity index (χ0n) is 23.5. The summed E-state index contributed by atoms with van der Waals surface area (Å²) < 4.78 is 10.6. The third-order valence-electron chi connectivity index (χ3n) is 7.57. The molecule has 2 amide bonds. The Hall–Kier alpha value is -4.21. The minimum Gasteiger partial charge on any atom is -0.494 e. The van der Waals surface area contributed by atoms with Crippen molar-refractivity contribution in [3.8, 4) is 5.75 Å². The highest BCUT2D eigenvalue weighted by atomic mass is 35.5. The number of rotatable bonds is 9. The van der Waals surface area contributed by atoms with E-state index in [9.17, 15) is 19.2 Å². The van der Waals surface area contributed by atoms with Crippen LogP contribution in [0.3, 0.4) is 0 Å². The predicted molar refractivity (Wildman–Crippen MR) is 160 cm³/mol. The van der Waals surface area contributed by atoms with Crippen LogP contribution < -0.4 is 14.5 Å². The molecular formula is C32H32ClN3O6. The molecule has 2 saturated heterocycles. The van der Waals surface area contributed by atoms with Crippen molar-refractivity contribution in [3.05, 3.63) is 88.4 Å². The summed E-state index contributed by atoms with van der Waals surface area (Å²) in [6, 6.07) is 18.0. The number of halogens is 1. The van der Waals surface area contributed by atoms with Crippen LogP contribution in [0.25, 0.3) is 0 Å². The molecule has 0 spiro atoms. The number of carbonyl (C=O) groups excluding carboxylic acids is 4. The predicted octanol–water partition coefficient (Wildman–Crippen LogP) is 4.54. The second-order valence-electron chi connectivity index (χ2n) is 10.2. The molecule has 5 rings (SSSR count). The SMILES string of the molecule is CCOc1ccc(C(=O)COC(=O)c2ccc(N3C(=O)CC(N4CCN(c5cc(Cl)ccc5C)CC4)C3=O)cc2)cc1. The highest BCUT2D eigenvalue weighted by Gasteiger charge is 2.43. The zero-order chi connectivity index (χ0) is 29.8. The van der Waals surface area contributed by atoms with Crippen LogP contribution in [0.1, 0.15) is 39.6 Å². The van der Waals surface area contributed by atoms with Crippen LogP contribution in [0.15, 0.2) is 66.7 Å². The summed E-state index contributed by atoms with van der Waals surface area (Å²) >= 11 is 6.20. The number of imide groups is 1. The highest BCUT2D eigenvalue weighted by Crippen LogP contribution is 2.29. The van der Waals surface area contributed by atoms with Crippen LogP contribution in [0.5, 0.6) is 5.75 Å². The van der Waals surface area contributed by atoms with Gasteiger partial charge in [-0.05, 0) is 80.1 Å². The summed E-state index contributed by atoms with van der Waals surface area (Å²) in [7, 11) is 0. The first-order chi connectivity index (χ1) is 20.2. The van der Waals surface area contributed by atoms with Crippen molar-refractivity contribution in [1.29, 1.82) is 0 Å². The molecule has 0 bridgehead atoms. The minimum atomic E-state index is -0.675. The number of hydrogen-bond donors (Lipinski definition) is 0. The first kappa shape index (κ1) is 29.3. The van der Waals surface area contributed by atoms with E-state index in [4.69, 9.17) is 21.1 Å². The van der Waals surface area contributed by atoms with Gasteiger partial charge in [-0.1, -0.05) is 17.7 Å². The van der Waals surface area contributed by atoms with Gasteiger partial charge >= 0.3 is 5.97 Å². The lowest BCUT2D eigenvalue weighted by Gasteiger charge is -2.38. The number of amides is 2. The highest BCUT2D eigenvalue weighted by molar-refractivity contribution is 6.30. The Balaban J connectivity index is 1.16. The molecule has 0 aliphatic carbocycles. The van der Waals surface area contributed by atoms with Crippen LogP contribution in [0, 0.1) is 6.92 Å². The molecule has 2 fully saturated rings. The first-order valence-electron chi connectivity index (χ1n) is 13.9. The number of Topliss-reactive ketones (excluding diaryl/α,β-unsaturated/α-hetero) is 1. The summed E-state index contributed by atoms with van der Waals surface area (Å²) in [4.78, 5) is 56.7. The molecule has 0 aromatic heterocycles. The van der Waals surface area contributed by atoms with Gasteiger partial charge < -0.3 is 14.4 Å². The van der Waals surface area contributed by atoms with E-state index in [1.54, 1.807) is 36.4 Å². The molecular weight excluding hydrogens is 558 g/mol. The van der Waals surface area contributed by atoms with E-state index in [0.29, 0.717) is 41.7 Å². The van der Waals surface area contributed by atoms with Crippen molar-refractivity contribution in [2.75, 3.05) is 49.2 Å². The Bertz CT molecular complexity index is 1480. The van der Waals surface area contributed by atoms with Crippen molar-refractivity contribution in [2.45, 2.75) is 26.3 Å². The Kier molecular flexibility index (Phi) is 8.89. The van der Waals surface area contributed by atoms with E-state index in [2.05, 4.69) is 9.80 Å². The number of ether oxygens (including phenoxy) is 2. The molecule has 2 aliphatic heterocycles. The second kappa shape index (κ2) is 12.8. The van der Waals surface area contributed by atoms with E-state index in [1.165, 1.54) is 17.0 Å². The zero-order valence-corrected chi connectivity index (χ0v) is 24.3. The molecule has 42 heavy (non-hydrogen) atoms. The number of hydrogen-bond acceptors (Lipinski definition) is 8. The number of esters is 1. The lowest BCUT2D eigenvalue weighted by atomic mass is 10.1. The summed E-state index contributed by atoms with van der Waals surface area (Å²) in [5.41, 5.74) is 3.22. The Morgan fingerprint density at radius 3 is 2.24 bits per heavy atom. The monoisotopic (exact) mass is 589 g/mol. The smallest absolute Gasteiger partial charge is 0.338 e. The maximum Gasteiger partial charge on any atom is 0.338 e. The van der Waals surface area contributed by atoms with Crippen molar-refractivity contribution in [1.82, 2.24) is 4.90 Å². The maximum atomic E-state index is 13.3. The van der Waals surface area contributed by atoms with E-state index >= 15 is 0 Å². The van der Waals surface area contributed by atoms with Crippen LogP contribution >= 0.6 is 11.6 Å². The van der Waals surface area contributed by atoms with Gasteiger partial charge in [-0.15, -0.1) is 0 Å². The number of nitrogens with zero attached hydrogens (tertiary/aromatic N) is 3. The topological polar surface area (TPSA) is 96.5 Å². The van der Waals surface area contributed by atoms with E-state index in [1.807, 2.05) is 32.0 Å². The van der Waals surface area contributed by atoms with Gasteiger partial charge in [-0.2, -0.15) is 0 Å². The van der Waals surface area contributed by atoms with E-state index in [0.717, 1.165) is 24.3 Å². The van der Waals surface area contributed by atoms with Crippen molar-refractivity contribution < 1.29 is 28.7 Å². The fraction of sp³-hybridized carbons (Fsp3) is 0.312. The van der Waals surface area contributed by atoms with Crippen LogP contribution in [-0.2, 0) is 14.3 Å². The standard InChI is InChI=1S/C32H32ClN3O6/c1-3-41-26-12-7-22(8-13-26)29(37)20-42-32(40)23-5-10-25(11-6-23)36-30(38)19-28(31(36)39)35-16-14-34(15-17-35)27-18-24(33)9-4-21(27)2/h4-13,18,28H,3,14-17,19-20H2,1-2H3. The Morgan fingerprint density at radius 1 is 0.905 bits per heavy atom. The summed E-state index contributed by atoms with van der Waals surface area (Å²) in [5, 5.41) is 0.682. The largest absolute Gasteiger partial charge is 0.494 e. The van der Waals surface area contributed by atoms with Gasteiger partial charge in [0, 0.05) is 42.5 Å². The molecule has 3 aromatic rings. The van der Waals surface area contributed by atoms with Gasteiger partial charge in [0.2, 0.25) is 5.91 Å². The number of ketones is 1. The van der Waals surface area contributed by atoms with Crippen LogP contribution in [0.2, 0.25) is 5.02 Å². The molecule has 1 unspecified atom stereocenters. The average molecular weight is 590 g/mol.